The summed E-state index contributed by atoms with van der Waals surface area (Å²) in [6.07, 6.45) is -8.84. The molecule has 30 heavy (non-hydrogen) atoms. The first-order valence-electron chi connectivity index (χ1n) is 8.84. The number of carbonyl (C=O) groups excluding carboxylic acids is 1. The molecule has 0 bridgehead atoms. The summed E-state index contributed by atoms with van der Waals surface area (Å²) in [6.45, 7) is 0.281. The lowest BCUT2D eigenvalue weighted by molar-refractivity contribution is -0.147. The van der Waals surface area contributed by atoms with E-state index in [4.69, 9.17) is 0 Å². The van der Waals surface area contributed by atoms with Crippen LogP contribution in [0.4, 0.5) is 36.8 Å². The zero-order chi connectivity index (χ0) is 22.3. The number of aromatic nitrogens is 3. The van der Waals surface area contributed by atoms with Crippen LogP contribution < -0.4 is 11.0 Å². The molecular weight excluding hydrogens is 420 g/mol. The van der Waals surface area contributed by atoms with Crippen molar-refractivity contribution in [1.82, 2.24) is 19.2 Å². The van der Waals surface area contributed by atoms with Crippen molar-refractivity contribution < 1.29 is 31.1 Å². The summed E-state index contributed by atoms with van der Waals surface area (Å²) in [4.78, 5) is 25.8. The number of urea groups is 1. The van der Waals surface area contributed by atoms with Gasteiger partial charge in [0.25, 0.3) is 0 Å². The highest BCUT2D eigenvalue weighted by Crippen LogP contribution is 2.30. The number of piperidine rings is 1. The normalized spacial score (nSPS) is 16.0. The molecule has 0 radical (unpaired) electrons. The van der Waals surface area contributed by atoms with Crippen LogP contribution in [0.25, 0.3) is 0 Å². The lowest BCUT2D eigenvalue weighted by Gasteiger charge is -2.31. The Morgan fingerprint density at radius 3 is 2.07 bits per heavy atom. The van der Waals surface area contributed by atoms with Gasteiger partial charge in [0.15, 0.2) is 0 Å². The van der Waals surface area contributed by atoms with Gasteiger partial charge in [-0.25, -0.2) is 14.3 Å². The van der Waals surface area contributed by atoms with Crippen LogP contribution in [0.3, 0.4) is 0 Å². The predicted octanol–water partition coefficient (Wildman–Crippen LogP) is 3.49. The van der Waals surface area contributed by atoms with Crippen LogP contribution in [0.2, 0.25) is 0 Å². The fourth-order valence-corrected chi connectivity index (χ4v) is 3.20. The average Bonchev–Trinajstić information content (AvgIpc) is 2.97. The Morgan fingerprint density at radius 2 is 1.60 bits per heavy atom. The molecule has 1 saturated heterocycles. The van der Waals surface area contributed by atoms with Crippen molar-refractivity contribution in [2.24, 2.45) is 7.05 Å². The number of halogens is 6. The molecule has 0 saturated carbocycles. The fourth-order valence-electron chi connectivity index (χ4n) is 3.20. The van der Waals surface area contributed by atoms with E-state index in [-0.39, 0.29) is 31.6 Å². The van der Waals surface area contributed by atoms with Crippen molar-refractivity contribution in [3.63, 3.8) is 0 Å². The molecule has 1 fully saturated rings. The van der Waals surface area contributed by atoms with Gasteiger partial charge in [-0.15, -0.1) is 5.10 Å². The highest BCUT2D eigenvalue weighted by molar-refractivity contribution is 5.89. The maximum atomic E-state index is 12.9. The molecule has 2 aromatic rings. The minimum absolute atomic E-state index is 0.140. The van der Waals surface area contributed by atoms with Gasteiger partial charge in [0.2, 0.25) is 5.82 Å². The predicted molar refractivity (Wildman–Crippen MR) is 92.8 cm³/mol. The smallest absolute Gasteiger partial charge is 0.324 e. The molecule has 1 aromatic carbocycles. The number of likely N-dealkylation sites (tertiary alicyclic amines) is 1. The van der Waals surface area contributed by atoms with Crippen molar-refractivity contribution in [2.75, 3.05) is 18.4 Å². The van der Waals surface area contributed by atoms with Crippen LogP contribution in [0, 0.1) is 0 Å². The molecule has 1 aliphatic rings. The summed E-state index contributed by atoms with van der Waals surface area (Å²) < 4.78 is 77.7. The summed E-state index contributed by atoms with van der Waals surface area (Å²) >= 11 is 0. The second-order valence-corrected chi connectivity index (χ2v) is 6.83. The third-order valence-corrected chi connectivity index (χ3v) is 4.82. The number of hydrogen-bond acceptors (Lipinski definition) is 3. The quantitative estimate of drug-likeness (QED) is 0.732. The van der Waals surface area contributed by atoms with Gasteiger partial charge in [-0.2, -0.15) is 26.3 Å². The number of amides is 2. The molecule has 3 rings (SSSR count). The topological polar surface area (TPSA) is 72.2 Å². The number of rotatable bonds is 2. The Labute approximate surface area is 165 Å². The van der Waals surface area contributed by atoms with E-state index in [0.29, 0.717) is 4.57 Å². The first kappa shape index (κ1) is 21.7. The van der Waals surface area contributed by atoms with Gasteiger partial charge in [-0.3, -0.25) is 4.57 Å². The van der Waals surface area contributed by atoms with Crippen molar-refractivity contribution in [3.8, 4) is 0 Å². The molecule has 164 valence electrons. The molecular formula is C17H17F6N5O2. The second kappa shape index (κ2) is 7.69. The summed E-state index contributed by atoms with van der Waals surface area (Å²) in [6, 6.07) is 2.77. The maximum Gasteiger partial charge on any atom is 0.451 e. The van der Waals surface area contributed by atoms with Crippen LogP contribution in [0.15, 0.2) is 29.1 Å². The van der Waals surface area contributed by atoms with Crippen LogP contribution in [0.5, 0.6) is 0 Å². The molecule has 1 aliphatic heterocycles. The van der Waals surface area contributed by atoms with E-state index in [9.17, 15) is 35.9 Å². The van der Waals surface area contributed by atoms with Gasteiger partial charge in [0, 0.05) is 25.8 Å². The molecule has 2 heterocycles. The van der Waals surface area contributed by atoms with E-state index in [0.717, 1.165) is 36.0 Å². The Balaban J connectivity index is 1.62. The van der Waals surface area contributed by atoms with E-state index >= 15 is 0 Å². The SMILES string of the molecule is Cn1c(C(F)(F)F)nn(C2CCN(C(=O)Nc3ccc(C(F)(F)F)cc3)CC2)c1=O. The van der Waals surface area contributed by atoms with Crippen LogP contribution in [-0.2, 0) is 19.4 Å². The monoisotopic (exact) mass is 437 g/mol. The zero-order valence-electron chi connectivity index (χ0n) is 15.6. The van der Waals surface area contributed by atoms with Gasteiger partial charge in [0.05, 0.1) is 11.6 Å². The summed E-state index contributed by atoms with van der Waals surface area (Å²) in [5.74, 6) is -1.30. The Hall–Kier alpha value is -2.99. The molecule has 0 unspecified atom stereocenters. The van der Waals surface area contributed by atoms with E-state index in [2.05, 4.69) is 10.4 Å². The number of nitrogens with one attached hydrogen (secondary N) is 1. The molecule has 0 atom stereocenters. The highest BCUT2D eigenvalue weighted by Gasteiger charge is 2.39. The molecule has 0 spiro atoms. The highest BCUT2D eigenvalue weighted by atomic mass is 19.4. The minimum atomic E-state index is -4.76. The number of carbonyl (C=O) groups is 1. The van der Waals surface area contributed by atoms with E-state index < -0.39 is 41.5 Å². The van der Waals surface area contributed by atoms with Crippen molar-refractivity contribution in [1.29, 1.82) is 0 Å². The lowest BCUT2D eigenvalue weighted by atomic mass is 10.1. The summed E-state index contributed by atoms with van der Waals surface area (Å²) in [7, 11) is 0.987. The van der Waals surface area contributed by atoms with Crippen LogP contribution >= 0.6 is 0 Å². The first-order valence-corrected chi connectivity index (χ1v) is 8.84. The van der Waals surface area contributed by atoms with Gasteiger partial charge in [0.1, 0.15) is 0 Å². The largest absolute Gasteiger partial charge is 0.451 e. The number of anilines is 1. The summed E-state index contributed by atoms with van der Waals surface area (Å²) in [5, 5.41) is 5.87. The number of nitrogens with zero attached hydrogens (tertiary/aromatic N) is 4. The number of benzene rings is 1. The van der Waals surface area contributed by atoms with Crippen LogP contribution in [-0.4, -0.2) is 38.4 Å². The van der Waals surface area contributed by atoms with Crippen molar-refractivity contribution >= 4 is 11.7 Å². The van der Waals surface area contributed by atoms with Gasteiger partial charge >= 0.3 is 24.1 Å². The molecule has 1 N–H and O–H groups in total. The fraction of sp³-hybridized carbons (Fsp3) is 0.471. The summed E-state index contributed by atoms with van der Waals surface area (Å²) in [5.41, 5.74) is -1.57. The Kier molecular flexibility index (Phi) is 5.56. The van der Waals surface area contributed by atoms with E-state index in [1.54, 1.807) is 0 Å². The molecule has 1 aromatic heterocycles. The van der Waals surface area contributed by atoms with Crippen LogP contribution in [0.1, 0.15) is 30.3 Å². The third kappa shape index (κ3) is 4.44. The van der Waals surface area contributed by atoms with Crippen molar-refractivity contribution in [2.45, 2.75) is 31.2 Å². The molecule has 0 aliphatic carbocycles. The Bertz CT molecular complexity index is 968. The molecule has 7 nitrogen and oxygen atoms in total. The minimum Gasteiger partial charge on any atom is -0.324 e. The zero-order valence-corrected chi connectivity index (χ0v) is 15.6. The maximum absolute atomic E-state index is 12.9. The lowest BCUT2D eigenvalue weighted by Crippen LogP contribution is -2.43. The first-order chi connectivity index (χ1) is 13.9. The molecule has 2 amide bonds. The number of hydrogen-bond donors (Lipinski definition) is 1. The Morgan fingerprint density at radius 1 is 1.03 bits per heavy atom. The number of alkyl halides is 6. The molecule has 13 heteroatoms. The third-order valence-electron chi connectivity index (χ3n) is 4.82. The van der Waals surface area contributed by atoms with Gasteiger partial charge < -0.3 is 10.2 Å². The standard InChI is InChI=1S/C17H17F6N5O2/c1-26-13(17(21,22)23)25-28(15(26)30)12-6-8-27(9-7-12)14(29)24-11-4-2-10(3-5-11)16(18,19)20/h2-5,12H,6-9H2,1H3,(H,24,29). The van der Waals surface area contributed by atoms with E-state index in [1.165, 1.54) is 4.90 Å². The average molecular weight is 437 g/mol. The second-order valence-electron chi connectivity index (χ2n) is 6.83. The van der Waals surface area contributed by atoms with Crippen molar-refractivity contribution in [3.05, 3.63) is 46.1 Å². The van der Waals surface area contributed by atoms with E-state index in [1.807, 2.05) is 0 Å². The van der Waals surface area contributed by atoms with Gasteiger partial charge in [-0.1, -0.05) is 0 Å². The van der Waals surface area contributed by atoms with Gasteiger partial charge in [-0.05, 0) is 37.1 Å².